The number of hydrogen-bond acceptors (Lipinski definition) is 10. The van der Waals surface area contributed by atoms with Crippen molar-refractivity contribution in [2.75, 3.05) is 6.61 Å². The molecule has 0 fully saturated rings. The van der Waals surface area contributed by atoms with Crippen LogP contribution in [0.4, 0.5) is 0 Å². The summed E-state index contributed by atoms with van der Waals surface area (Å²) in [5.41, 5.74) is 1.69. The predicted octanol–water partition coefficient (Wildman–Crippen LogP) is 6.57. The normalized spacial score (nSPS) is 18.5. The zero-order valence-electron chi connectivity index (χ0n) is 29.2. The van der Waals surface area contributed by atoms with E-state index in [2.05, 4.69) is 0 Å². The predicted molar refractivity (Wildman–Crippen MR) is 187 cm³/mol. The Hall–Kier alpha value is -4.23. The van der Waals surface area contributed by atoms with E-state index >= 15 is 0 Å². The smallest absolute Gasteiger partial charge is 0.312 e. The molecule has 0 saturated carbocycles. The number of rotatable bonds is 6. The highest BCUT2D eigenvalue weighted by Gasteiger charge is 2.47. The topological polar surface area (TPSA) is 154 Å². The highest BCUT2D eigenvalue weighted by Crippen LogP contribution is 2.47. The molecular formula is C38H40O10S2. The van der Waals surface area contributed by atoms with Crippen molar-refractivity contribution in [1.82, 2.24) is 0 Å². The minimum absolute atomic E-state index is 0.0828. The summed E-state index contributed by atoms with van der Waals surface area (Å²) >= 11 is 0. The van der Waals surface area contributed by atoms with Crippen LogP contribution in [0.15, 0.2) is 58.3 Å². The lowest BCUT2D eigenvalue weighted by Gasteiger charge is -2.37. The van der Waals surface area contributed by atoms with Gasteiger partial charge < -0.3 is 19.7 Å². The first-order valence-corrected chi connectivity index (χ1v) is 19.0. The molecule has 0 saturated heterocycles. The number of benzene rings is 4. The fraction of sp³-hybridized carbons (Fsp3) is 0.342. The fourth-order valence-electron chi connectivity index (χ4n) is 7.51. The van der Waals surface area contributed by atoms with Crippen LogP contribution < -0.4 is 9.47 Å². The van der Waals surface area contributed by atoms with Gasteiger partial charge in [-0.25, -0.2) is 0 Å². The van der Waals surface area contributed by atoms with Gasteiger partial charge in [-0.3, -0.25) is 4.79 Å². The second kappa shape index (κ2) is 11.9. The number of aryl methyl sites for hydroxylation is 5. The molecule has 50 heavy (non-hydrogen) atoms. The maximum absolute atomic E-state index is 13.8. The van der Waals surface area contributed by atoms with Gasteiger partial charge in [0, 0.05) is 11.1 Å². The van der Waals surface area contributed by atoms with Crippen molar-refractivity contribution in [2.24, 2.45) is 0 Å². The Morgan fingerprint density at radius 3 is 2.06 bits per heavy atom. The molecule has 2 heterocycles. The molecule has 0 spiro atoms. The molecule has 0 bridgehead atoms. The van der Waals surface area contributed by atoms with E-state index in [1.54, 1.807) is 71.0 Å². The first-order chi connectivity index (χ1) is 23.2. The average molecular weight is 721 g/mol. The molecule has 10 nitrogen and oxygen atoms in total. The highest BCUT2D eigenvalue weighted by molar-refractivity contribution is 8.00. The van der Waals surface area contributed by atoms with E-state index in [1.165, 1.54) is 19.1 Å². The van der Waals surface area contributed by atoms with Crippen LogP contribution in [0.5, 0.6) is 17.2 Å². The quantitative estimate of drug-likeness (QED) is 0.224. The number of phenolic OH excluding ortho intramolecular Hbond substituents is 1. The van der Waals surface area contributed by atoms with E-state index < -0.39 is 44.0 Å². The Balaban J connectivity index is 1.36. The van der Waals surface area contributed by atoms with Crippen LogP contribution in [0.2, 0.25) is 0 Å². The number of carbonyl (C=O) groups is 1. The largest absolute Gasteiger partial charge is 0.508 e. The van der Waals surface area contributed by atoms with E-state index in [-0.39, 0.29) is 37.6 Å². The summed E-state index contributed by atoms with van der Waals surface area (Å²) in [6.07, 6.45) is 1.35. The maximum atomic E-state index is 13.8. The molecule has 2 aliphatic heterocycles. The lowest BCUT2D eigenvalue weighted by molar-refractivity contribution is -0.00721. The van der Waals surface area contributed by atoms with Crippen LogP contribution in [-0.4, -0.2) is 45.0 Å². The van der Waals surface area contributed by atoms with Crippen molar-refractivity contribution < 1.29 is 44.9 Å². The van der Waals surface area contributed by atoms with Crippen LogP contribution in [0.25, 0.3) is 11.1 Å². The third-order valence-corrected chi connectivity index (χ3v) is 13.2. The third-order valence-electron chi connectivity index (χ3n) is 9.54. The summed E-state index contributed by atoms with van der Waals surface area (Å²) in [5.74, 6) is -0.0660. The van der Waals surface area contributed by atoms with E-state index in [0.717, 1.165) is 17.5 Å². The van der Waals surface area contributed by atoms with Gasteiger partial charge in [-0.1, -0.05) is 35.9 Å². The van der Waals surface area contributed by atoms with Crippen molar-refractivity contribution >= 4 is 26.0 Å². The number of phenols is 1. The van der Waals surface area contributed by atoms with Gasteiger partial charge in [0.1, 0.15) is 39.2 Å². The minimum atomic E-state index is -4.87. The standard InChI is InChI=1S/C38H40O10S2/c1-20-15-22(3)34(23(4)16-20)49(42,43)48-50(44,45)35-24(5)17-21(2)32(25(35)6)26-9-11-29(30(39)18-26)38(41)19-46-33-27-13-14-37(7,8)47-31(27)12-10-28(33)36(38)40/h9-12,15-18,39,41H,13-14,19H2,1-8H3. The van der Waals surface area contributed by atoms with Gasteiger partial charge in [0.2, 0.25) is 5.78 Å². The minimum Gasteiger partial charge on any atom is -0.508 e. The molecule has 2 aliphatic rings. The SMILES string of the molecule is Cc1cc(C)c(S(=O)(=O)OS(=O)(=O)c2c(C)cc(C)c(-c3ccc(C4(O)COc5c(ccc6c5CCC(C)(C)O6)C4=O)c(O)c3)c2C)c(C)c1. The molecule has 4 aromatic rings. The van der Waals surface area contributed by atoms with Crippen molar-refractivity contribution in [1.29, 1.82) is 0 Å². The number of ketones is 1. The Labute approximate surface area is 292 Å². The Morgan fingerprint density at radius 1 is 0.800 bits per heavy atom. The third kappa shape index (κ3) is 5.87. The van der Waals surface area contributed by atoms with E-state index in [4.69, 9.17) is 13.1 Å². The lowest BCUT2D eigenvalue weighted by Crippen LogP contribution is -2.45. The van der Waals surface area contributed by atoms with Crippen LogP contribution in [0.1, 0.15) is 75.1 Å². The van der Waals surface area contributed by atoms with Gasteiger partial charge in [-0.2, -0.15) is 16.8 Å². The molecular weight excluding hydrogens is 681 g/mol. The first kappa shape index (κ1) is 35.6. The zero-order chi connectivity index (χ0) is 36.7. The Morgan fingerprint density at radius 2 is 1.42 bits per heavy atom. The number of aromatic hydroxyl groups is 1. The van der Waals surface area contributed by atoms with E-state index in [1.807, 2.05) is 13.8 Å². The van der Waals surface area contributed by atoms with Crippen molar-refractivity contribution in [3.8, 4) is 28.4 Å². The summed E-state index contributed by atoms with van der Waals surface area (Å²) < 4.78 is 71.3. The molecule has 1 atom stereocenters. The molecule has 12 heteroatoms. The fourth-order valence-corrected chi connectivity index (χ4v) is 10.8. The van der Waals surface area contributed by atoms with Gasteiger partial charge in [-0.05, 0) is 125 Å². The summed E-state index contributed by atoms with van der Waals surface area (Å²) in [6, 6.07) is 12.4. The van der Waals surface area contributed by atoms with Gasteiger partial charge in [0.25, 0.3) is 0 Å². The number of carbonyl (C=O) groups excluding carboxylic acids is 1. The van der Waals surface area contributed by atoms with Crippen LogP contribution >= 0.6 is 0 Å². The van der Waals surface area contributed by atoms with Crippen molar-refractivity contribution in [3.05, 3.63) is 98.6 Å². The number of aliphatic hydroxyl groups is 1. The second-order valence-electron chi connectivity index (χ2n) is 14.0. The average Bonchev–Trinajstić information content (AvgIpc) is 2.96. The molecule has 2 N–H and O–H groups in total. The first-order valence-electron chi connectivity index (χ1n) is 16.2. The zero-order valence-corrected chi connectivity index (χ0v) is 30.9. The number of Topliss-reactive ketones (excluding diaryl/α,β-unsaturated/α-hetero) is 1. The number of hydrogen-bond donors (Lipinski definition) is 2. The molecule has 4 aromatic carbocycles. The molecule has 0 aliphatic carbocycles. The van der Waals surface area contributed by atoms with Crippen LogP contribution in [0, 0.1) is 41.5 Å². The van der Waals surface area contributed by atoms with Crippen LogP contribution in [0.3, 0.4) is 0 Å². The monoisotopic (exact) mass is 720 g/mol. The number of fused-ring (bicyclic) bond motifs is 3. The number of ether oxygens (including phenoxy) is 2. The molecule has 264 valence electrons. The summed E-state index contributed by atoms with van der Waals surface area (Å²) in [5, 5.41) is 23.0. The van der Waals surface area contributed by atoms with Crippen molar-refractivity contribution in [2.45, 2.75) is 89.2 Å². The molecule has 6 rings (SSSR count). The lowest BCUT2D eigenvalue weighted by atomic mass is 9.81. The van der Waals surface area contributed by atoms with Gasteiger partial charge >= 0.3 is 20.2 Å². The van der Waals surface area contributed by atoms with Gasteiger partial charge in [-0.15, -0.1) is 3.63 Å². The van der Waals surface area contributed by atoms with Gasteiger partial charge in [0.15, 0.2) is 5.60 Å². The van der Waals surface area contributed by atoms with Crippen molar-refractivity contribution in [3.63, 3.8) is 0 Å². The summed E-state index contributed by atoms with van der Waals surface area (Å²) in [4.78, 5) is 13.3. The summed E-state index contributed by atoms with van der Waals surface area (Å²) in [7, 11) is -9.61. The van der Waals surface area contributed by atoms with Gasteiger partial charge in [0.05, 0.1) is 5.56 Å². The molecule has 0 amide bonds. The maximum Gasteiger partial charge on any atom is 0.312 e. The molecule has 0 radical (unpaired) electrons. The Kier molecular flexibility index (Phi) is 8.50. The molecule has 1 unspecified atom stereocenters. The highest BCUT2D eigenvalue weighted by atomic mass is 32.3. The Bertz CT molecular complexity index is 2320. The summed E-state index contributed by atoms with van der Waals surface area (Å²) in [6.45, 7) is 13.3. The second-order valence-corrected chi connectivity index (χ2v) is 17.2. The van der Waals surface area contributed by atoms with E-state index in [0.29, 0.717) is 45.7 Å². The molecule has 0 aromatic heterocycles. The van der Waals surface area contributed by atoms with Crippen LogP contribution in [-0.2, 0) is 35.9 Å². The van der Waals surface area contributed by atoms with E-state index in [9.17, 15) is 31.8 Å².